The Kier molecular flexibility index (Phi) is 5.56. The first-order valence-corrected chi connectivity index (χ1v) is 13.3. The monoisotopic (exact) mass is 495 g/mol. The number of ketones is 1. The highest BCUT2D eigenvalue weighted by atomic mass is 32.2. The molecule has 0 saturated heterocycles. The molecule has 0 aliphatic heterocycles. The van der Waals surface area contributed by atoms with Gasteiger partial charge in [0.05, 0.1) is 5.56 Å². The second kappa shape index (κ2) is 8.67. The van der Waals surface area contributed by atoms with Gasteiger partial charge in [0.15, 0.2) is 5.78 Å². The van der Waals surface area contributed by atoms with E-state index in [0.717, 1.165) is 52.3 Å². The molecule has 0 amide bonds. The molecule has 3 aromatic carbocycles. The summed E-state index contributed by atoms with van der Waals surface area (Å²) in [5.74, 6) is 1.61. The third-order valence-corrected chi connectivity index (χ3v) is 8.67. The summed E-state index contributed by atoms with van der Waals surface area (Å²) in [6, 6.07) is 24.4. The number of aryl methyl sites for hydroxylation is 1. The molecule has 1 aromatic heterocycles. The smallest absolute Gasteiger partial charge is 0.184 e. The van der Waals surface area contributed by atoms with Crippen molar-refractivity contribution in [1.82, 2.24) is 5.16 Å². The molecular formula is C31H29NO3S. The Balaban J connectivity index is 1.42. The summed E-state index contributed by atoms with van der Waals surface area (Å²) in [6.45, 7) is 7.06. The van der Waals surface area contributed by atoms with E-state index in [1.165, 1.54) is 5.56 Å². The summed E-state index contributed by atoms with van der Waals surface area (Å²) in [5.41, 5.74) is 5.53. The zero-order valence-corrected chi connectivity index (χ0v) is 21.7. The molecule has 0 bridgehead atoms. The van der Waals surface area contributed by atoms with E-state index < -0.39 is 4.75 Å². The van der Waals surface area contributed by atoms with Crippen LogP contribution >= 0.6 is 11.8 Å². The number of thioether (sulfide) groups is 1. The van der Waals surface area contributed by atoms with Crippen molar-refractivity contribution in [1.29, 1.82) is 0 Å². The van der Waals surface area contributed by atoms with Crippen molar-refractivity contribution >= 4 is 17.5 Å². The van der Waals surface area contributed by atoms with Crippen LogP contribution in [-0.2, 0) is 23.2 Å². The largest absolute Gasteiger partial charge is 0.488 e. The van der Waals surface area contributed by atoms with Crippen LogP contribution in [0.25, 0.3) is 11.3 Å². The number of hydrogen-bond acceptors (Lipinski definition) is 5. The van der Waals surface area contributed by atoms with E-state index >= 15 is 0 Å². The van der Waals surface area contributed by atoms with Crippen molar-refractivity contribution in [3.05, 3.63) is 101 Å². The van der Waals surface area contributed by atoms with Gasteiger partial charge in [-0.05, 0) is 47.6 Å². The molecule has 36 heavy (non-hydrogen) atoms. The molecule has 5 heteroatoms. The normalized spacial score (nSPS) is 18.5. The summed E-state index contributed by atoms with van der Waals surface area (Å²) in [5, 5.41) is 4.52. The van der Waals surface area contributed by atoms with Crippen molar-refractivity contribution in [2.45, 2.75) is 61.7 Å². The van der Waals surface area contributed by atoms with E-state index in [-0.39, 0.29) is 11.2 Å². The minimum Gasteiger partial charge on any atom is -0.488 e. The Bertz CT molecular complexity index is 1430. The fourth-order valence-electron chi connectivity index (χ4n) is 5.34. The van der Waals surface area contributed by atoms with Gasteiger partial charge in [-0.1, -0.05) is 80.5 Å². The average molecular weight is 496 g/mol. The van der Waals surface area contributed by atoms with Gasteiger partial charge in [0.2, 0.25) is 0 Å². The maximum atomic E-state index is 14.3. The van der Waals surface area contributed by atoms with Gasteiger partial charge >= 0.3 is 0 Å². The third-order valence-electron chi connectivity index (χ3n) is 7.22. The summed E-state index contributed by atoms with van der Waals surface area (Å²) in [4.78, 5) is 15.4. The standard InChI is InChI=1S/C31H29NO3S/c1-30(2,3)21-14-16-22(17-15-21)36-31-18-8-13-25-27(31)28(32-35-25)26-23(29(31)33)11-7-12-24(26)34-19-20-9-5-4-6-10-20/h4-7,9-12,14-17H,8,13,18-19H2,1-3H3. The van der Waals surface area contributed by atoms with E-state index in [2.05, 4.69) is 50.2 Å². The van der Waals surface area contributed by atoms with Gasteiger partial charge in [0.25, 0.3) is 0 Å². The number of nitrogens with zero attached hydrogens (tertiary/aromatic N) is 1. The number of hydrogen-bond donors (Lipinski definition) is 0. The van der Waals surface area contributed by atoms with Crippen molar-refractivity contribution in [2.75, 3.05) is 0 Å². The van der Waals surface area contributed by atoms with Crippen LogP contribution in [0.15, 0.2) is 82.2 Å². The predicted molar refractivity (Wildman–Crippen MR) is 143 cm³/mol. The van der Waals surface area contributed by atoms with Crippen molar-refractivity contribution in [3.63, 3.8) is 0 Å². The summed E-state index contributed by atoms with van der Waals surface area (Å²) in [7, 11) is 0. The molecule has 2 aliphatic carbocycles. The SMILES string of the molecule is CC(C)(C)c1ccc(SC23CCCc4onc(c42)-c2c(OCc4ccccc4)cccc2C3=O)cc1. The molecule has 1 heterocycles. The summed E-state index contributed by atoms with van der Waals surface area (Å²) < 4.78 is 11.4. The summed E-state index contributed by atoms with van der Waals surface area (Å²) >= 11 is 1.64. The number of Topliss-reactive ketones (excluding diaryl/α,β-unsaturated/α-hetero) is 1. The van der Waals surface area contributed by atoms with Gasteiger partial charge in [-0.2, -0.15) is 0 Å². The van der Waals surface area contributed by atoms with E-state index in [9.17, 15) is 4.79 Å². The molecule has 0 saturated carbocycles. The number of benzene rings is 3. The average Bonchev–Trinajstić information content (AvgIpc) is 3.32. The number of rotatable bonds is 5. The first kappa shape index (κ1) is 23.1. The molecule has 0 N–H and O–H groups in total. The van der Waals surface area contributed by atoms with Gasteiger partial charge in [-0.25, -0.2) is 0 Å². The number of aromatic nitrogens is 1. The molecule has 4 aromatic rings. The lowest BCUT2D eigenvalue weighted by Crippen LogP contribution is -2.39. The molecule has 4 nitrogen and oxygen atoms in total. The lowest BCUT2D eigenvalue weighted by Gasteiger charge is -2.38. The van der Waals surface area contributed by atoms with E-state index in [1.807, 2.05) is 48.5 Å². The fraction of sp³-hybridized carbons (Fsp3) is 0.290. The number of ether oxygens (including phenoxy) is 1. The van der Waals surface area contributed by atoms with Gasteiger partial charge in [-0.15, -0.1) is 11.8 Å². The Morgan fingerprint density at radius 3 is 2.53 bits per heavy atom. The van der Waals surface area contributed by atoms with Crippen molar-refractivity contribution in [3.8, 4) is 17.0 Å². The lowest BCUT2D eigenvalue weighted by molar-refractivity contribution is 0.0927. The van der Waals surface area contributed by atoms with Gasteiger partial charge in [0, 0.05) is 22.4 Å². The lowest BCUT2D eigenvalue weighted by atomic mass is 9.73. The third kappa shape index (κ3) is 3.77. The Morgan fingerprint density at radius 1 is 1.00 bits per heavy atom. The molecule has 0 spiro atoms. The van der Waals surface area contributed by atoms with E-state index in [1.54, 1.807) is 11.8 Å². The van der Waals surface area contributed by atoms with Crippen LogP contribution in [0.2, 0.25) is 0 Å². The number of fused-ring (bicyclic) bond motifs is 2. The first-order valence-electron chi connectivity index (χ1n) is 12.5. The minimum absolute atomic E-state index is 0.0802. The topological polar surface area (TPSA) is 52.3 Å². The highest BCUT2D eigenvalue weighted by Crippen LogP contribution is 2.58. The number of carbonyl (C=O) groups is 1. The molecule has 0 fully saturated rings. The van der Waals surface area contributed by atoms with Gasteiger partial charge in [-0.3, -0.25) is 4.79 Å². The molecule has 2 aliphatic rings. The van der Waals surface area contributed by atoms with Crippen LogP contribution in [0.5, 0.6) is 5.75 Å². The maximum absolute atomic E-state index is 14.3. The summed E-state index contributed by atoms with van der Waals surface area (Å²) in [6.07, 6.45) is 2.44. The van der Waals surface area contributed by atoms with Crippen LogP contribution < -0.4 is 4.74 Å². The van der Waals surface area contributed by atoms with E-state index in [0.29, 0.717) is 17.9 Å². The molecule has 1 atom stereocenters. The van der Waals surface area contributed by atoms with Crippen LogP contribution in [0, 0.1) is 0 Å². The Hall–Kier alpha value is -3.31. The highest BCUT2D eigenvalue weighted by Gasteiger charge is 2.53. The molecular weight excluding hydrogens is 466 g/mol. The minimum atomic E-state index is -0.739. The fourth-order valence-corrected chi connectivity index (χ4v) is 6.78. The highest BCUT2D eigenvalue weighted by molar-refractivity contribution is 8.01. The first-order chi connectivity index (χ1) is 17.4. The van der Waals surface area contributed by atoms with Crippen LogP contribution in [0.4, 0.5) is 0 Å². The maximum Gasteiger partial charge on any atom is 0.184 e. The Labute approximate surface area is 216 Å². The zero-order chi connectivity index (χ0) is 24.9. The second-order valence-corrected chi connectivity index (χ2v) is 12.0. The van der Waals surface area contributed by atoms with Crippen LogP contribution in [0.3, 0.4) is 0 Å². The quantitative estimate of drug-likeness (QED) is 0.283. The van der Waals surface area contributed by atoms with Gasteiger partial charge in [0.1, 0.15) is 28.6 Å². The Morgan fingerprint density at radius 2 is 1.78 bits per heavy atom. The van der Waals surface area contributed by atoms with Crippen LogP contribution in [0.1, 0.15) is 66.4 Å². The van der Waals surface area contributed by atoms with Crippen LogP contribution in [-0.4, -0.2) is 10.9 Å². The molecule has 6 rings (SSSR count). The number of carbonyl (C=O) groups excluding carboxylic acids is 1. The predicted octanol–water partition coefficient (Wildman–Crippen LogP) is 7.74. The van der Waals surface area contributed by atoms with Crippen molar-refractivity contribution < 1.29 is 14.1 Å². The molecule has 182 valence electrons. The zero-order valence-electron chi connectivity index (χ0n) is 20.8. The van der Waals surface area contributed by atoms with Crippen molar-refractivity contribution in [2.24, 2.45) is 0 Å². The molecule has 1 unspecified atom stereocenters. The van der Waals surface area contributed by atoms with Gasteiger partial charge < -0.3 is 9.26 Å². The second-order valence-electron chi connectivity index (χ2n) is 10.7. The van der Waals surface area contributed by atoms with E-state index in [4.69, 9.17) is 9.26 Å². The molecule has 0 radical (unpaired) electrons.